The van der Waals surface area contributed by atoms with Crippen LogP contribution in [-0.4, -0.2) is 19.4 Å². The predicted octanol–water partition coefficient (Wildman–Crippen LogP) is 3.29. The van der Waals surface area contributed by atoms with E-state index >= 15 is 0 Å². The Morgan fingerprint density at radius 3 is 2.14 bits per heavy atom. The number of halogens is 3. The molecule has 0 amide bonds. The van der Waals surface area contributed by atoms with Gasteiger partial charge in [0, 0.05) is 0 Å². The molecule has 0 saturated carbocycles. The maximum Gasteiger partial charge on any atom is 0.120 e. The van der Waals surface area contributed by atoms with Crippen LogP contribution >= 0.6 is 34.8 Å². The Hall–Kier alpha value is 0.307. The molecule has 2 atom stereocenters. The molecule has 1 aromatic carbocycles. The third kappa shape index (κ3) is 3.82. The molecule has 0 saturated heterocycles. The lowest BCUT2D eigenvalue weighted by molar-refractivity contribution is 1.04. The fourth-order valence-electron chi connectivity index (χ4n) is 1.36. The van der Waals surface area contributed by atoms with E-state index in [0.29, 0.717) is 5.54 Å². The molecule has 0 bridgehead atoms. The summed E-state index contributed by atoms with van der Waals surface area (Å²) >= 11 is 17.5. The van der Waals surface area contributed by atoms with Crippen LogP contribution in [0.15, 0.2) is 30.3 Å². The topological polar surface area (TPSA) is 0 Å². The number of hydrogen-bond acceptors (Lipinski definition) is 0. The minimum absolute atomic E-state index is 0.0476. The average Bonchev–Trinajstić information content (AvgIpc) is 2.19. The number of alkyl halides is 3. The zero-order chi connectivity index (χ0) is 10.6. The van der Waals surface area contributed by atoms with E-state index in [4.69, 9.17) is 34.8 Å². The number of benzene rings is 1. The van der Waals surface area contributed by atoms with Gasteiger partial charge in [-0.15, -0.1) is 34.8 Å². The van der Waals surface area contributed by atoms with Gasteiger partial charge in [-0.05, 0) is 11.1 Å². The quantitative estimate of drug-likeness (QED) is 0.580. The van der Waals surface area contributed by atoms with E-state index < -0.39 is 14.4 Å². The Bertz CT molecular complexity index is 263. The SMILES string of the molecule is CC([SiH2]C(Cl)C(Cl)Cl)c1ccccc1. The molecule has 4 heteroatoms. The minimum Gasteiger partial charge on any atom is -0.124 e. The zero-order valence-electron chi connectivity index (χ0n) is 7.96. The second-order valence-electron chi connectivity index (χ2n) is 3.40. The van der Waals surface area contributed by atoms with Gasteiger partial charge in [-0.2, -0.15) is 0 Å². The highest BCUT2D eigenvalue weighted by Gasteiger charge is 2.18. The molecule has 0 aromatic heterocycles. The lowest BCUT2D eigenvalue weighted by Crippen LogP contribution is -2.22. The summed E-state index contributed by atoms with van der Waals surface area (Å²) in [6.45, 7) is 2.19. The van der Waals surface area contributed by atoms with Gasteiger partial charge >= 0.3 is 0 Å². The van der Waals surface area contributed by atoms with Crippen LogP contribution in [0.2, 0.25) is 0 Å². The third-order valence-corrected chi connectivity index (χ3v) is 6.57. The third-order valence-electron chi connectivity index (χ3n) is 2.22. The van der Waals surface area contributed by atoms with E-state index in [1.807, 2.05) is 18.2 Å². The maximum absolute atomic E-state index is 6.06. The molecule has 0 aliphatic rings. The van der Waals surface area contributed by atoms with E-state index in [9.17, 15) is 0 Å². The molecule has 14 heavy (non-hydrogen) atoms. The molecule has 0 aliphatic carbocycles. The van der Waals surface area contributed by atoms with Crippen molar-refractivity contribution in [3.05, 3.63) is 35.9 Å². The van der Waals surface area contributed by atoms with Crippen LogP contribution in [-0.2, 0) is 0 Å². The van der Waals surface area contributed by atoms with Crippen molar-refractivity contribution in [1.82, 2.24) is 0 Å². The van der Waals surface area contributed by atoms with Gasteiger partial charge in [0.15, 0.2) is 0 Å². The van der Waals surface area contributed by atoms with Gasteiger partial charge in [-0.25, -0.2) is 0 Å². The van der Waals surface area contributed by atoms with Crippen LogP contribution in [0.1, 0.15) is 18.0 Å². The Morgan fingerprint density at radius 2 is 1.64 bits per heavy atom. The Morgan fingerprint density at radius 1 is 1.07 bits per heavy atom. The van der Waals surface area contributed by atoms with Crippen molar-refractivity contribution in [3.8, 4) is 0 Å². The van der Waals surface area contributed by atoms with Crippen molar-refractivity contribution in [1.29, 1.82) is 0 Å². The van der Waals surface area contributed by atoms with Gasteiger partial charge in [0.2, 0.25) is 0 Å². The van der Waals surface area contributed by atoms with Gasteiger partial charge in [-0.1, -0.05) is 37.3 Å². The van der Waals surface area contributed by atoms with Gasteiger partial charge in [0.1, 0.15) is 4.84 Å². The van der Waals surface area contributed by atoms with Crippen molar-refractivity contribution in [3.63, 3.8) is 0 Å². The summed E-state index contributed by atoms with van der Waals surface area (Å²) in [6, 6.07) is 10.4. The van der Waals surface area contributed by atoms with E-state index in [1.165, 1.54) is 5.56 Å². The second kappa shape index (κ2) is 6.01. The monoisotopic (exact) mass is 266 g/mol. The first-order valence-corrected chi connectivity index (χ1v) is 7.52. The summed E-state index contributed by atoms with van der Waals surface area (Å²) in [5.41, 5.74) is 1.86. The highest BCUT2D eigenvalue weighted by atomic mass is 35.5. The first-order chi connectivity index (χ1) is 6.61. The summed E-state index contributed by atoms with van der Waals surface area (Å²) in [5, 5.41) is -0.0476. The Kier molecular flexibility index (Phi) is 5.32. The number of rotatable bonds is 4. The van der Waals surface area contributed by atoms with Gasteiger partial charge in [0.25, 0.3) is 0 Å². The molecular formula is C10H13Cl3Si. The van der Waals surface area contributed by atoms with Crippen LogP contribution < -0.4 is 0 Å². The van der Waals surface area contributed by atoms with Crippen molar-refractivity contribution in [2.75, 3.05) is 0 Å². The molecule has 0 N–H and O–H groups in total. The van der Waals surface area contributed by atoms with E-state index in [2.05, 4.69) is 19.1 Å². The Labute approximate surface area is 102 Å². The summed E-state index contributed by atoms with van der Waals surface area (Å²) in [4.78, 5) is -0.436. The maximum atomic E-state index is 6.06. The van der Waals surface area contributed by atoms with Crippen LogP contribution in [0.5, 0.6) is 0 Å². The molecule has 0 spiro atoms. The smallest absolute Gasteiger partial charge is 0.120 e. The van der Waals surface area contributed by atoms with E-state index in [1.54, 1.807) is 0 Å². The van der Waals surface area contributed by atoms with Crippen LogP contribution in [0.4, 0.5) is 0 Å². The molecule has 0 radical (unpaired) electrons. The van der Waals surface area contributed by atoms with Gasteiger partial charge in [-0.3, -0.25) is 0 Å². The van der Waals surface area contributed by atoms with Crippen LogP contribution in [0, 0.1) is 0 Å². The lowest BCUT2D eigenvalue weighted by Gasteiger charge is -2.15. The molecule has 1 rings (SSSR count). The van der Waals surface area contributed by atoms with Crippen LogP contribution in [0.3, 0.4) is 0 Å². The first kappa shape index (κ1) is 12.4. The second-order valence-corrected chi connectivity index (χ2v) is 8.22. The molecule has 0 aliphatic heterocycles. The molecule has 78 valence electrons. The first-order valence-electron chi connectivity index (χ1n) is 4.58. The number of hydrogen-bond donors (Lipinski definition) is 0. The van der Waals surface area contributed by atoms with Crippen molar-refractivity contribution in [2.24, 2.45) is 0 Å². The molecular weight excluding hydrogens is 255 g/mol. The Balaban J connectivity index is 2.55. The largest absolute Gasteiger partial charge is 0.124 e. The fraction of sp³-hybridized carbons (Fsp3) is 0.400. The lowest BCUT2D eigenvalue weighted by atomic mass is 10.2. The summed E-state index contributed by atoms with van der Waals surface area (Å²) in [6.07, 6.45) is 0. The fourth-order valence-corrected chi connectivity index (χ4v) is 4.20. The molecule has 1 aromatic rings. The van der Waals surface area contributed by atoms with E-state index in [0.717, 1.165) is 0 Å². The standard InChI is InChI=1S/C10H13Cl3Si/c1-7(14-10(13)9(11)12)8-5-3-2-4-6-8/h2-7,9-10H,14H2,1H3. The summed E-state index contributed by atoms with van der Waals surface area (Å²) in [7, 11) is -0.484. The summed E-state index contributed by atoms with van der Waals surface area (Å²) < 4.78 is 0. The van der Waals surface area contributed by atoms with Gasteiger partial charge < -0.3 is 0 Å². The molecule has 0 nitrogen and oxygen atoms in total. The summed E-state index contributed by atoms with van der Waals surface area (Å²) in [5.74, 6) is 0. The molecule has 2 unspecified atom stereocenters. The molecule has 0 fully saturated rings. The normalized spacial score (nSPS) is 16.4. The molecule has 0 heterocycles. The highest BCUT2D eigenvalue weighted by molar-refractivity contribution is 6.62. The van der Waals surface area contributed by atoms with Gasteiger partial charge in [0.05, 0.1) is 14.5 Å². The van der Waals surface area contributed by atoms with Crippen molar-refractivity contribution in [2.45, 2.75) is 22.3 Å². The van der Waals surface area contributed by atoms with Crippen molar-refractivity contribution < 1.29 is 0 Å². The minimum atomic E-state index is -0.484. The highest BCUT2D eigenvalue weighted by Crippen LogP contribution is 2.20. The zero-order valence-corrected chi connectivity index (χ0v) is 11.6. The van der Waals surface area contributed by atoms with E-state index in [-0.39, 0.29) is 5.00 Å². The van der Waals surface area contributed by atoms with Crippen LogP contribution in [0.25, 0.3) is 0 Å². The predicted molar refractivity (Wildman–Crippen MR) is 68.5 cm³/mol. The average molecular weight is 268 g/mol. The van der Waals surface area contributed by atoms with Crippen molar-refractivity contribution >= 4 is 44.3 Å².